The van der Waals surface area contributed by atoms with E-state index in [1.807, 2.05) is 5.32 Å². The smallest absolute Gasteiger partial charge is 0.420 e. The first-order valence-corrected chi connectivity index (χ1v) is 9.91. The van der Waals surface area contributed by atoms with Crippen molar-refractivity contribution in [3.05, 3.63) is 59.1 Å². The summed E-state index contributed by atoms with van der Waals surface area (Å²) in [7, 11) is 0. The number of benzene rings is 2. The number of furan rings is 1. The molecule has 1 fully saturated rings. The van der Waals surface area contributed by atoms with Gasteiger partial charge in [0.2, 0.25) is 0 Å². The summed E-state index contributed by atoms with van der Waals surface area (Å²) in [6.07, 6.45) is -6.12. The van der Waals surface area contributed by atoms with Crippen LogP contribution in [0.15, 0.2) is 40.8 Å². The summed E-state index contributed by atoms with van der Waals surface area (Å²) in [6, 6.07) is 7.12. The number of ether oxygens (including phenoxy) is 1. The fourth-order valence-electron chi connectivity index (χ4n) is 3.64. The monoisotopic (exact) mass is 466 g/mol. The Morgan fingerprint density at radius 2 is 1.79 bits per heavy atom. The van der Waals surface area contributed by atoms with Gasteiger partial charge in [-0.25, -0.2) is 9.18 Å². The lowest BCUT2D eigenvalue weighted by molar-refractivity contribution is -0.136. The van der Waals surface area contributed by atoms with Gasteiger partial charge in [0.15, 0.2) is 0 Å². The Morgan fingerprint density at radius 1 is 1.06 bits per heavy atom. The maximum Gasteiger partial charge on any atom is 0.420 e. The van der Waals surface area contributed by atoms with E-state index in [9.17, 15) is 27.2 Å². The molecule has 0 bridgehead atoms. The van der Waals surface area contributed by atoms with Crippen LogP contribution in [0.1, 0.15) is 21.7 Å². The van der Waals surface area contributed by atoms with Crippen molar-refractivity contribution < 1.29 is 41.4 Å². The highest BCUT2D eigenvalue weighted by Gasteiger charge is 2.35. The zero-order chi connectivity index (χ0) is 23.8. The number of morpholine rings is 1. The van der Waals surface area contributed by atoms with Crippen LogP contribution >= 0.6 is 0 Å². The van der Waals surface area contributed by atoms with E-state index in [2.05, 4.69) is 0 Å². The number of nitrogens with zero attached hydrogens (tertiary/aromatic N) is 1. The molecule has 1 aliphatic heterocycles. The van der Waals surface area contributed by atoms with E-state index in [-0.39, 0.29) is 47.5 Å². The second kappa shape index (κ2) is 8.74. The van der Waals surface area contributed by atoms with Gasteiger partial charge in [-0.15, -0.1) is 0 Å². The Hall–Kier alpha value is -3.60. The van der Waals surface area contributed by atoms with Crippen molar-refractivity contribution in [2.45, 2.75) is 12.7 Å². The summed E-state index contributed by atoms with van der Waals surface area (Å²) in [6.45, 7) is 0.894. The molecular weight excluding hydrogens is 448 g/mol. The lowest BCUT2D eigenvalue weighted by Gasteiger charge is -2.27. The van der Waals surface area contributed by atoms with Crippen molar-refractivity contribution in [1.29, 1.82) is 0 Å². The predicted octanol–water partition coefficient (Wildman–Crippen LogP) is 4.50. The van der Waals surface area contributed by atoms with Gasteiger partial charge < -0.3 is 24.5 Å². The van der Waals surface area contributed by atoms with Crippen LogP contribution < -0.4 is 5.32 Å². The molecule has 0 radical (unpaired) electrons. The van der Waals surface area contributed by atoms with Crippen LogP contribution in [-0.2, 0) is 17.5 Å². The van der Waals surface area contributed by atoms with Crippen LogP contribution in [0, 0.1) is 5.82 Å². The maximum atomic E-state index is 14.4. The SMILES string of the molecule is O=C(O)NCc1cc2cc(-c3ccc(F)c(C(=O)N4CCOCC4)c3)cc(C(F)(F)F)c2o1. The number of hydrogen-bond donors (Lipinski definition) is 2. The zero-order valence-electron chi connectivity index (χ0n) is 17.0. The minimum Gasteiger partial charge on any atom is -0.465 e. The Bertz CT molecular complexity index is 1220. The van der Waals surface area contributed by atoms with E-state index in [0.717, 1.165) is 12.1 Å². The number of alkyl halides is 3. The summed E-state index contributed by atoms with van der Waals surface area (Å²) in [5.74, 6) is -1.35. The number of nitrogens with one attached hydrogen (secondary N) is 1. The highest BCUT2D eigenvalue weighted by atomic mass is 19.4. The highest BCUT2D eigenvalue weighted by Crippen LogP contribution is 2.39. The van der Waals surface area contributed by atoms with Crippen molar-refractivity contribution in [2.75, 3.05) is 26.3 Å². The molecule has 0 spiro atoms. The average Bonchev–Trinajstić information content (AvgIpc) is 3.19. The molecule has 4 rings (SSSR count). The fraction of sp³-hybridized carbons (Fsp3) is 0.273. The first-order valence-electron chi connectivity index (χ1n) is 9.91. The summed E-state index contributed by atoms with van der Waals surface area (Å²) in [4.78, 5) is 24.9. The Labute approximate surface area is 184 Å². The van der Waals surface area contributed by atoms with Crippen LogP contribution in [0.4, 0.5) is 22.4 Å². The second-order valence-electron chi connectivity index (χ2n) is 7.41. The van der Waals surface area contributed by atoms with Gasteiger partial charge in [-0.3, -0.25) is 4.79 Å². The van der Waals surface area contributed by atoms with Crippen molar-refractivity contribution in [2.24, 2.45) is 0 Å². The summed E-state index contributed by atoms with van der Waals surface area (Å²) >= 11 is 0. The fourth-order valence-corrected chi connectivity index (χ4v) is 3.64. The van der Waals surface area contributed by atoms with Crippen LogP contribution in [0.5, 0.6) is 0 Å². The van der Waals surface area contributed by atoms with Gasteiger partial charge >= 0.3 is 12.3 Å². The molecule has 174 valence electrons. The molecule has 1 aromatic heterocycles. The van der Waals surface area contributed by atoms with Gasteiger partial charge in [-0.05, 0) is 41.5 Å². The molecule has 0 aliphatic carbocycles. The van der Waals surface area contributed by atoms with E-state index in [0.29, 0.717) is 13.2 Å². The number of carbonyl (C=O) groups excluding carboxylic acids is 1. The minimum absolute atomic E-state index is 0.00246. The molecule has 1 aliphatic rings. The number of rotatable bonds is 4. The van der Waals surface area contributed by atoms with E-state index in [4.69, 9.17) is 14.3 Å². The molecule has 2 aromatic carbocycles. The highest BCUT2D eigenvalue weighted by molar-refractivity contribution is 5.96. The van der Waals surface area contributed by atoms with Crippen molar-refractivity contribution in [3.8, 4) is 11.1 Å². The number of amides is 2. The van der Waals surface area contributed by atoms with Crippen LogP contribution in [0.2, 0.25) is 0 Å². The molecule has 0 unspecified atom stereocenters. The maximum absolute atomic E-state index is 14.4. The molecule has 0 atom stereocenters. The third-order valence-electron chi connectivity index (χ3n) is 5.21. The predicted molar refractivity (Wildman–Crippen MR) is 108 cm³/mol. The quantitative estimate of drug-likeness (QED) is 0.553. The van der Waals surface area contributed by atoms with E-state index in [1.165, 1.54) is 29.2 Å². The minimum atomic E-state index is -4.77. The van der Waals surface area contributed by atoms with Gasteiger partial charge in [0.05, 0.1) is 30.9 Å². The molecule has 2 N–H and O–H groups in total. The van der Waals surface area contributed by atoms with Gasteiger partial charge in [0.25, 0.3) is 5.91 Å². The van der Waals surface area contributed by atoms with E-state index >= 15 is 0 Å². The summed E-state index contributed by atoms with van der Waals surface area (Å²) in [5, 5.41) is 10.8. The largest absolute Gasteiger partial charge is 0.465 e. The van der Waals surface area contributed by atoms with E-state index in [1.54, 1.807) is 0 Å². The molecule has 1 saturated heterocycles. The summed E-state index contributed by atoms with van der Waals surface area (Å²) < 4.78 is 66.1. The number of carbonyl (C=O) groups is 2. The van der Waals surface area contributed by atoms with Gasteiger partial charge in [0, 0.05) is 18.5 Å². The molecular formula is C22H18F4N2O5. The third-order valence-corrected chi connectivity index (χ3v) is 5.21. The van der Waals surface area contributed by atoms with Gasteiger partial charge in [-0.2, -0.15) is 13.2 Å². The topological polar surface area (TPSA) is 92.0 Å². The molecule has 0 saturated carbocycles. The normalized spacial score (nSPS) is 14.5. The van der Waals surface area contributed by atoms with Crippen molar-refractivity contribution in [1.82, 2.24) is 10.2 Å². The van der Waals surface area contributed by atoms with E-state index < -0.39 is 35.1 Å². The number of carboxylic acid groups (broad SMARTS) is 1. The Kier molecular flexibility index (Phi) is 5.98. The second-order valence-corrected chi connectivity index (χ2v) is 7.41. The van der Waals surface area contributed by atoms with Crippen molar-refractivity contribution >= 4 is 23.0 Å². The van der Waals surface area contributed by atoms with Gasteiger partial charge in [-0.1, -0.05) is 6.07 Å². The van der Waals surface area contributed by atoms with Gasteiger partial charge in [0.1, 0.15) is 17.2 Å². The number of halogens is 4. The average molecular weight is 466 g/mol. The van der Waals surface area contributed by atoms with Crippen molar-refractivity contribution in [3.63, 3.8) is 0 Å². The Balaban J connectivity index is 1.77. The Morgan fingerprint density at radius 3 is 2.45 bits per heavy atom. The zero-order valence-corrected chi connectivity index (χ0v) is 17.0. The molecule has 2 amide bonds. The summed E-state index contributed by atoms with van der Waals surface area (Å²) in [5.41, 5.74) is -1.44. The van der Waals surface area contributed by atoms with Crippen LogP contribution in [0.25, 0.3) is 22.1 Å². The van der Waals surface area contributed by atoms with Crippen LogP contribution in [0.3, 0.4) is 0 Å². The van der Waals surface area contributed by atoms with Crippen LogP contribution in [-0.4, -0.2) is 48.3 Å². The first-order chi connectivity index (χ1) is 15.6. The lowest BCUT2D eigenvalue weighted by Crippen LogP contribution is -2.41. The number of hydrogen-bond acceptors (Lipinski definition) is 4. The standard InChI is InChI=1S/C22H18F4N2O5/c23-18-2-1-12(9-16(18)20(29)28-3-5-32-6-4-28)13-7-14-8-15(11-27-21(30)31)33-19(14)17(10-13)22(24,25)26/h1-2,7-10,27H,3-6,11H2,(H,30,31). The number of fused-ring (bicyclic) bond motifs is 1. The molecule has 33 heavy (non-hydrogen) atoms. The third kappa shape index (κ3) is 4.77. The lowest BCUT2D eigenvalue weighted by atomic mass is 9.98. The molecule has 11 heteroatoms. The molecule has 2 heterocycles. The first kappa shape index (κ1) is 22.6. The molecule has 3 aromatic rings. The molecule has 7 nitrogen and oxygen atoms in total.